The molecule has 0 aromatic rings. The molecule has 2 nitrogen and oxygen atoms in total. The lowest BCUT2D eigenvalue weighted by molar-refractivity contribution is 0.0134. The van der Waals surface area contributed by atoms with Crippen LogP contribution in [0.25, 0.3) is 0 Å². The maximum atomic E-state index is 5.45. The Morgan fingerprint density at radius 3 is 3.00 bits per heavy atom. The van der Waals surface area contributed by atoms with E-state index in [2.05, 4.69) is 19.2 Å². The van der Waals surface area contributed by atoms with E-state index in [1.807, 2.05) is 0 Å². The monoisotopic (exact) mass is 157 g/mol. The van der Waals surface area contributed by atoms with E-state index in [1.54, 1.807) is 0 Å². The zero-order valence-corrected chi connectivity index (χ0v) is 7.60. The van der Waals surface area contributed by atoms with E-state index < -0.39 is 0 Å². The standard InChI is InChI=1S/C9H19NO/c1-3-5-10-9-4-6-11-8(2)7-9/h8-10H,3-7H2,1-2H3. The predicted molar refractivity (Wildman–Crippen MR) is 46.7 cm³/mol. The summed E-state index contributed by atoms with van der Waals surface area (Å²) in [5, 5.41) is 3.52. The molecule has 1 rings (SSSR count). The van der Waals surface area contributed by atoms with Gasteiger partial charge in [0.2, 0.25) is 0 Å². The van der Waals surface area contributed by atoms with Crippen LogP contribution in [-0.2, 0) is 4.74 Å². The number of hydrogen-bond donors (Lipinski definition) is 1. The first-order valence-electron chi connectivity index (χ1n) is 4.68. The molecule has 2 atom stereocenters. The third-order valence-corrected chi connectivity index (χ3v) is 2.17. The predicted octanol–water partition coefficient (Wildman–Crippen LogP) is 1.55. The van der Waals surface area contributed by atoms with Crippen LogP contribution < -0.4 is 5.32 Å². The van der Waals surface area contributed by atoms with E-state index in [0.29, 0.717) is 12.1 Å². The molecule has 1 N–H and O–H groups in total. The van der Waals surface area contributed by atoms with Gasteiger partial charge in [0.25, 0.3) is 0 Å². The van der Waals surface area contributed by atoms with Crippen molar-refractivity contribution < 1.29 is 4.74 Å². The molecule has 1 saturated heterocycles. The highest BCUT2D eigenvalue weighted by Gasteiger charge is 2.17. The van der Waals surface area contributed by atoms with Gasteiger partial charge in [0, 0.05) is 12.6 Å². The van der Waals surface area contributed by atoms with Gasteiger partial charge in [-0.25, -0.2) is 0 Å². The average Bonchev–Trinajstić information content (AvgIpc) is 2.01. The minimum atomic E-state index is 0.457. The fourth-order valence-electron chi connectivity index (χ4n) is 1.53. The molecule has 0 aromatic carbocycles. The first kappa shape index (κ1) is 9.01. The zero-order valence-electron chi connectivity index (χ0n) is 7.60. The lowest BCUT2D eigenvalue weighted by Crippen LogP contribution is -2.38. The summed E-state index contributed by atoms with van der Waals surface area (Å²) >= 11 is 0. The first-order valence-corrected chi connectivity index (χ1v) is 4.68. The Bertz CT molecular complexity index is 106. The summed E-state index contributed by atoms with van der Waals surface area (Å²) in [5.74, 6) is 0. The molecule has 0 spiro atoms. The van der Waals surface area contributed by atoms with Gasteiger partial charge in [-0.15, -0.1) is 0 Å². The Balaban J connectivity index is 2.12. The fraction of sp³-hybridized carbons (Fsp3) is 1.00. The third-order valence-electron chi connectivity index (χ3n) is 2.17. The second-order valence-electron chi connectivity index (χ2n) is 3.36. The van der Waals surface area contributed by atoms with Crippen molar-refractivity contribution in [2.24, 2.45) is 0 Å². The Labute approximate surface area is 69.3 Å². The summed E-state index contributed by atoms with van der Waals surface area (Å²) in [6, 6.07) is 0.707. The molecule has 0 saturated carbocycles. The van der Waals surface area contributed by atoms with Crippen molar-refractivity contribution in [2.75, 3.05) is 13.2 Å². The van der Waals surface area contributed by atoms with Gasteiger partial charge in [-0.1, -0.05) is 6.92 Å². The maximum absolute atomic E-state index is 5.45. The smallest absolute Gasteiger partial charge is 0.0561 e. The van der Waals surface area contributed by atoms with Gasteiger partial charge in [0.05, 0.1) is 6.10 Å². The molecule has 2 unspecified atom stereocenters. The molecule has 11 heavy (non-hydrogen) atoms. The quantitative estimate of drug-likeness (QED) is 0.671. The molecule has 2 heteroatoms. The van der Waals surface area contributed by atoms with Crippen molar-refractivity contribution >= 4 is 0 Å². The molecule has 66 valence electrons. The highest BCUT2D eigenvalue weighted by Crippen LogP contribution is 2.12. The molecule has 0 bridgehead atoms. The molecule has 1 heterocycles. The van der Waals surface area contributed by atoms with E-state index in [9.17, 15) is 0 Å². The Kier molecular flexibility index (Phi) is 3.87. The van der Waals surface area contributed by atoms with Gasteiger partial charge in [-0.05, 0) is 32.7 Å². The van der Waals surface area contributed by atoms with Gasteiger partial charge in [-0.2, -0.15) is 0 Å². The lowest BCUT2D eigenvalue weighted by Gasteiger charge is -2.27. The topological polar surface area (TPSA) is 21.3 Å². The molecule has 1 aliphatic heterocycles. The van der Waals surface area contributed by atoms with Gasteiger partial charge in [-0.3, -0.25) is 0 Å². The molecule has 0 aromatic heterocycles. The maximum Gasteiger partial charge on any atom is 0.0561 e. The lowest BCUT2D eigenvalue weighted by atomic mass is 10.0. The second-order valence-corrected chi connectivity index (χ2v) is 3.36. The third kappa shape index (κ3) is 3.21. The van der Waals surface area contributed by atoms with Gasteiger partial charge < -0.3 is 10.1 Å². The zero-order chi connectivity index (χ0) is 8.10. The SMILES string of the molecule is CCCNC1CCOC(C)C1. The van der Waals surface area contributed by atoms with Gasteiger partial charge in [0.15, 0.2) is 0 Å². The number of nitrogens with one attached hydrogen (secondary N) is 1. The molecular weight excluding hydrogens is 138 g/mol. The summed E-state index contributed by atoms with van der Waals surface area (Å²) in [5.41, 5.74) is 0. The summed E-state index contributed by atoms with van der Waals surface area (Å²) in [6.07, 6.45) is 4.05. The number of ether oxygens (including phenoxy) is 1. The van der Waals surface area contributed by atoms with Crippen molar-refractivity contribution in [3.8, 4) is 0 Å². The van der Waals surface area contributed by atoms with Crippen LogP contribution in [0.4, 0.5) is 0 Å². The normalized spacial score (nSPS) is 32.2. The van der Waals surface area contributed by atoms with Gasteiger partial charge in [0.1, 0.15) is 0 Å². The van der Waals surface area contributed by atoms with Crippen molar-refractivity contribution in [1.29, 1.82) is 0 Å². The van der Waals surface area contributed by atoms with E-state index in [1.165, 1.54) is 19.3 Å². The summed E-state index contributed by atoms with van der Waals surface area (Å²) < 4.78 is 5.45. The molecule has 0 amide bonds. The first-order chi connectivity index (χ1) is 5.33. The molecule has 1 aliphatic rings. The minimum absolute atomic E-state index is 0.457. The number of hydrogen-bond acceptors (Lipinski definition) is 2. The fourth-order valence-corrected chi connectivity index (χ4v) is 1.53. The second kappa shape index (κ2) is 4.73. The Morgan fingerprint density at radius 1 is 1.55 bits per heavy atom. The Morgan fingerprint density at radius 2 is 2.36 bits per heavy atom. The van der Waals surface area contributed by atoms with Gasteiger partial charge >= 0.3 is 0 Å². The molecule has 0 aliphatic carbocycles. The Hall–Kier alpha value is -0.0800. The van der Waals surface area contributed by atoms with Crippen LogP contribution in [0.5, 0.6) is 0 Å². The molecule has 0 radical (unpaired) electrons. The summed E-state index contributed by atoms with van der Waals surface area (Å²) in [7, 11) is 0. The highest BCUT2D eigenvalue weighted by molar-refractivity contribution is 4.73. The summed E-state index contributed by atoms with van der Waals surface area (Å²) in [6.45, 7) is 6.44. The summed E-state index contributed by atoms with van der Waals surface area (Å²) in [4.78, 5) is 0. The molecular formula is C9H19NO. The largest absolute Gasteiger partial charge is 0.378 e. The van der Waals surface area contributed by atoms with Crippen LogP contribution in [0.1, 0.15) is 33.1 Å². The van der Waals surface area contributed by atoms with Crippen molar-refractivity contribution in [1.82, 2.24) is 5.32 Å². The van der Waals surface area contributed by atoms with Crippen molar-refractivity contribution in [3.63, 3.8) is 0 Å². The van der Waals surface area contributed by atoms with E-state index in [0.717, 1.165) is 13.2 Å². The van der Waals surface area contributed by atoms with Crippen LogP contribution in [0.15, 0.2) is 0 Å². The van der Waals surface area contributed by atoms with E-state index in [-0.39, 0.29) is 0 Å². The van der Waals surface area contributed by atoms with Crippen LogP contribution >= 0.6 is 0 Å². The van der Waals surface area contributed by atoms with Crippen LogP contribution in [0.2, 0.25) is 0 Å². The van der Waals surface area contributed by atoms with Crippen LogP contribution in [0, 0.1) is 0 Å². The highest BCUT2D eigenvalue weighted by atomic mass is 16.5. The van der Waals surface area contributed by atoms with E-state index >= 15 is 0 Å². The number of rotatable bonds is 3. The van der Waals surface area contributed by atoms with Crippen LogP contribution in [-0.4, -0.2) is 25.3 Å². The minimum Gasteiger partial charge on any atom is -0.378 e. The molecule has 1 fully saturated rings. The van der Waals surface area contributed by atoms with E-state index in [4.69, 9.17) is 4.74 Å². The van der Waals surface area contributed by atoms with Crippen molar-refractivity contribution in [3.05, 3.63) is 0 Å². The van der Waals surface area contributed by atoms with Crippen molar-refractivity contribution in [2.45, 2.75) is 45.3 Å². The van der Waals surface area contributed by atoms with Crippen LogP contribution in [0.3, 0.4) is 0 Å². The average molecular weight is 157 g/mol.